The lowest BCUT2D eigenvalue weighted by atomic mass is 10.1. The summed E-state index contributed by atoms with van der Waals surface area (Å²) in [5.41, 5.74) is 0. The molecular weight excluding hydrogens is 348 g/mol. The fraction of sp³-hybridized carbons (Fsp3) is 0.400. The average Bonchev–Trinajstić information content (AvgIpc) is 2.99. The zero-order chi connectivity index (χ0) is 17.6. The maximum absolute atomic E-state index is 12.5. The molecule has 1 aromatic carbocycles. The van der Waals surface area contributed by atoms with E-state index in [2.05, 4.69) is 10.2 Å². The van der Waals surface area contributed by atoms with Gasteiger partial charge >= 0.3 is 0 Å². The van der Waals surface area contributed by atoms with Crippen LogP contribution >= 0.6 is 0 Å². The van der Waals surface area contributed by atoms with Gasteiger partial charge in [0.15, 0.2) is 11.5 Å². The number of fused-ring (bicyclic) bond motifs is 1. The zero-order valence-electron chi connectivity index (χ0n) is 13.4. The highest BCUT2D eigenvalue weighted by Gasteiger charge is 2.45. The van der Waals surface area contributed by atoms with E-state index >= 15 is 0 Å². The van der Waals surface area contributed by atoms with Crippen molar-refractivity contribution in [1.82, 2.24) is 19.7 Å². The van der Waals surface area contributed by atoms with Crippen molar-refractivity contribution in [2.45, 2.75) is 16.5 Å². The number of sulfone groups is 1. The Balaban J connectivity index is 1.41. The summed E-state index contributed by atoms with van der Waals surface area (Å²) in [7, 11) is -2.04. The molecule has 132 valence electrons. The SMILES string of the molecule is Cn1cnnc1S(=O)(=O)C1CN(C(=O)[C@H]2COc3ccccc3O2)C1. The van der Waals surface area contributed by atoms with E-state index in [0.717, 1.165) is 0 Å². The predicted octanol–water partition coefficient (Wildman–Crippen LogP) is -0.360. The quantitative estimate of drug-likeness (QED) is 0.732. The van der Waals surface area contributed by atoms with E-state index in [1.165, 1.54) is 15.8 Å². The first kappa shape index (κ1) is 15.9. The van der Waals surface area contributed by atoms with Gasteiger partial charge in [0.2, 0.25) is 21.1 Å². The lowest BCUT2D eigenvalue weighted by molar-refractivity contribution is -0.144. The summed E-state index contributed by atoms with van der Waals surface area (Å²) in [6.45, 7) is 0.318. The Morgan fingerprint density at radius 1 is 1.24 bits per heavy atom. The number of aryl methyl sites for hydroxylation is 1. The normalized spacial score (nSPS) is 20.2. The molecule has 0 unspecified atom stereocenters. The lowest BCUT2D eigenvalue weighted by Crippen LogP contribution is -2.61. The molecule has 9 nitrogen and oxygen atoms in total. The molecule has 2 aromatic rings. The van der Waals surface area contributed by atoms with Gasteiger partial charge in [-0.25, -0.2) is 8.42 Å². The highest BCUT2D eigenvalue weighted by molar-refractivity contribution is 7.92. The van der Waals surface area contributed by atoms with E-state index in [1.54, 1.807) is 25.2 Å². The van der Waals surface area contributed by atoms with Gasteiger partial charge in [0.1, 0.15) is 18.2 Å². The molecule has 0 saturated carbocycles. The largest absolute Gasteiger partial charge is 0.485 e. The summed E-state index contributed by atoms with van der Waals surface area (Å²) in [4.78, 5) is 14.0. The first-order valence-corrected chi connectivity index (χ1v) is 9.26. The second-order valence-electron chi connectivity index (χ2n) is 6.00. The minimum absolute atomic E-state index is 0.0872. The van der Waals surface area contributed by atoms with Gasteiger partial charge in [-0.1, -0.05) is 12.1 Å². The lowest BCUT2D eigenvalue weighted by Gasteiger charge is -2.40. The van der Waals surface area contributed by atoms with Gasteiger partial charge in [-0.2, -0.15) is 0 Å². The van der Waals surface area contributed by atoms with Crippen molar-refractivity contribution < 1.29 is 22.7 Å². The Labute approximate surface area is 144 Å². The van der Waals surface area contributed by atoms with Crippen LogP contribution in [-0.2, 0) is 21.7 Å². The Kier molecular flexibility index (Phi) is 3.64. The number of hydrogen-bond donors (Lipinski definition) is 0. The Morgan fingerprint density at radius 3 is 2.64 bits per heavy atom. The van der Waals surface area contributed by atoms with Gasteiger partial charge in [0, 0.05) is 20.1 Å². The van der Waals surface area contributed by atoms with Crippen LogP contribution in [0, 0.1) is 0 Å². The molecule has 1 aromatic heterocycles. The van der Waals surface area contributed by atoms with Gasteiger partial charge in [-0.3, -0.25) is 4.79 Å². The summed E-state index contributed by atoms with van der Waals surface area (Å²) in [5, 5.41) is 6.48. The molecule has 2 aliphatic rings. The van der Waals surface area contributed by atoms with Gasteiger partial charge in [0.25, 0.3) is 5.91 Å². The minimum atomic E-state index is -3.61. The summed E-state index contributed by atoms with van der Waals surface area (Å²) < 4.78 is 37.5. The molecule has 1 fully saturated rings. The molecule has 10 heteroatoms. The van der Waals surface area contributed by atoms with Crippen LogP contribution in [0.15, 0.2) is 35.7 Å². The molecule has 0 spiro atoms. The first-order valence-electron chi connectivity index (χ1n) is 7.72. The van der Waals surface area contributed by atoms with Crippen LogP contribution in [0.2, 0.25) is 0 Å². The van der Waals surface area contributed by atoms with Gasteiger partial charge in [0.05, 0.1) is 0 Å². The Bertz CT molecular complexity index is 920. The maximum atomic E-state index is 12.5. The molecule has 4 rings (SSSR count). The molecule has 0 radical (unpaired) electrons. The second-order valence-corrected chi connectivity index (χ2v) is 8.12. The highest BCUT2D eigenvalue weighted by atomic mass is 32.2. The van der Waals surface area contributed by atoms with E-state index in [1.807, 2.05) is 6.07 Å². The topological polar surface area (TPSA) is 104 Å². The number of para-hydroxylation sites is 2. The van der Waals surface area contributed by atoms with E-state index < -0.39 is 21.2 Å². The number of amides is 1. The van der Waals surface area contributed by atoms with E-state index in [-0.39, 0.29) is 30.8 Å². The molecule has 1 saturated heterocycles. The monoisotopic (exact) mass is 364 g/mol. The smallest absolute Gasteiger partial charge is 0.267 e. The van der Waals surface area contributed by atoms with Crippen LogP contribution in [0.25, 0.3) is 0 Å². The van der Waals surface area contributed by atoms with Crippen LogP contribution in [0.4, 0.5) is 0 Å². The van der Waals surface area contributed by atoms with Crippen LogP contribution < -0.4 is 9.47 Å². The van der Waals surface area contributed by atoms with E-state index in [0.29, 0.717) is 11.5 Å². The van der Waals surface area contributed by atoms with Crippen molar-refractivity contribution in [3.05, 3.63) is 30.6 Å². The number of likely N-dealkylation sites (tertiary alicyclic amines) is 1. The summed E-state index contributed by atoms with van der Waals surface area (Å²) in [6.07, 6.45) is 0.562. The van der Waals surface area contributed by atoms with Crippen molar-refractivity contribution >= 4 is 15.7 Å². The first-order chi connectivity index (χ1) is 12.0. The standard InChI is InChI=1S/C15H16N4O5S/c1-18-9-16-17-15(18)25(21,22)10-6-19(7-10)14(20)13-8-23-11-4-2-3-5-12(11)24-13/h2-5,9-10,13H,6-8H2,1H3/t13-/m1/s1. The third kappa shape index (κ3) is 2.62. The summed E-state index contributed by atoms with van der Waals surface area (Å²) in [5.74, 6) is 0.827. The van der Waals surface area contributed by atoms with E-state index in [9.17, 15) is 13.2 Å². The van der Waals surface area contributed by atoms with Gasteiger partial charge in [-0.05, 0) is 12.1 Å². The Morgan fingerprint density at radius 2 is 1.96 bits per heavy atom. The average molecular weight is 364 g/mol. The van der Waals surface area contributed by atoms with E-state index in [4.69, 9.17) is 9.47 Å². The van der Waals surface area contributed by atoms with Gasteiger partial charge in [-0.15, -0.1) is 10.2 Å². The molecular formula is C15H16N4O5S. The molecule has 0 aliphatic carbocycles. The molecule has 0 N–H and O–H groups in total. The number of carbonyl (C=O) groups is 1. The number of carbonyl (C=O) groups excluding carboxylic acids is 1. The van der Waals surface area contributed by atoms with Crippen molar-refractivity contribution in [2.75, 3.05) is 19.7 Å². The van der Waals surface area contributed by atoms with Crippen LogP contribution in [0.1, 0.15) is 0 Å². The third-order valence-electron chi connectivity index (χ3n) is 4.31. The minimum Gasteiger partial charge on any atom is -0.485 e. The summed E-state index contributed by atoms with van der Waals surface area (Å²) in [6, 6.07) is 7.11. The molecule has 1 atom stereocenters. The highest BCUT2D eigenvalue weighted by Crippen LogP contribution is 2.32. The second kappa shape index (κ2) is 5.73. The van der Waals surface area contributed by atoms with Crippen LogP contribution in [0.3, 0.4) is 0 Å². The third-order valence-corrected chi connectivity index (χ3v) is 6.36. The van der Waals surface area contributed by atoms with Crippen LogP contribution in [0.5, 0.6) is 11.5 Å². The number of nitrogens with zero attached hydrogens (tertiary/aromatic N) is 4. The van der Waals surface area contributed by atoms with Gasteiger partial charge < -0.3 is 18.9 Å². The molecule has 2 aliphatic heterocycles. The maximum Gasteiger partial charge on any atom is 0.267 e. The fourth-order valence-electron chi connectivity index (χ4n) is 2.84. The van der Waals surface area contributed by atoms with Crippen molar-refractivity contribution in [1.29, 1.82) is 0 Å². The molecule has 1 amide bonds. The van der Waals surface area contributed by atoms with Crippen molar-refractivity contribution in [3.8, 4) is 11.5 Å². The number of ether oxygens (including phenoxy) is 2. The molecule has 25 heavy (non-hydrogen) atoms. The Hall–Kier alpha value is -2.62. The predicted molar refractivity (Wildman–Crippen MR) is 84.9 cm³/mol. The fourth-order valence-corrected chi connectivity index (χ4v) is 4.50. The van der Waals surface area contributed by atoms with Crippen molar-refractivity contribution in [3.63, 3.8) is 0 Å². The number of aromatic nitrogens is 3. The zero-order valence-corrected chi connectivity index (χ0v) is 14.2. The molecule has 0 bridgehead atoms. The number of benzene rings is 1. The summed E-state index contributed by atoms with van der Waals surface area (Å²) >= 11 is 0. The van der Waals surface area contributed by atoms with Crippen LogP contribution in [-0.4, -0.2) is 65.0 Å². The number of hydrogen-bond acceptors (Lipinski definition) is 7. The van der Waals surface area contributed by atoms with Crippen molar-refractivity contribution in [2.24, 2.45) is 7.05 Å². The number of rotatable bonds is 3. The molecule has 3 heterocycles.